The van der Waals surface area contributed by atoms with Crippen LogP contribution in [-0.4, -0.2) is 30.5 Å². The fourth-order valence-corrected chi connectivity index (χ4v) is 13.6. The molecule has 0 bridgehead atoms. The van der Waals surface area contributed by atoms with Gasteiger partial charge in [-0.3, -0.25) is 9.59 Å². The van der Waals surface area contributed by atoms with E-state index in [2.05, 4.69) is 38.4 Å². The molecular formula is C20H26O4S5. The van der Waals surface area contributed by atoms with Crippen molar-refractivity contribution in [1.82, 2.24) is 0 Å². The van der Waals surface area contributed by atoms with E-state index in [1.54, 1.807) is 47.6 Å². The molecule has 0 fully saturated rings. The number of hydrogen-bond donors (Lipinski definition) is 4. The third-order valence-electron chi connectivity index (χ3n) is 4.29. The van der Waals surface area contributed by atoms with Gasteiger partial charge in [-0.05, 0) is 70.6 Å². The molecule has 29 heavy (non-hydrogen) atoms. The van der Waals surface area contributed by atoms with E-state index >= 15 is 0 Å². The van der Waals surface area contributed by atoms with Crippen molar-refractivity contribution in [2.75, 3.05) is 0 Å². The Morgan fingerprint density at radius 3 is 1.55 bits per heavy atom. The highest BCUT2D eigenvalue weighted by Gasteiger charge is 2.29. The Hall–Kier alpha value is -0.870. The average molecular weight is 491 g/mol. The van der Waals surface area contributed by atoms with Crippen LogP contribution in [-0.2, 0) is 17.5 Å². The normalized spacial score (nSPS) is 25.2. The van der Waals surface area contributed by atoms with E-state index in [0.717, 1.165) is 11.1 Å². The second kappa shape index (κ2) is 9.96. The van der Waals surface area contributed by atoms with Crippen molar-refractivity contribution in [3.8, 4) is 0 Å². The Labute approximate surface area is 188 Å². The fourth-order valence-electron chi connectivity index (χ4n) is 2.68. The summed E-state index contributed by atoms with van der Waals surface area (Å²) < 4.78 is 26.1. The lowest BCUT2D eigenvalue weighted by Crippen LogP contribution is -2.15. The Morgan fingerprint density at radius 2 is 1.24 bits per heavy atom. The van der Waals surface area contributed by atoms with Gasteiger partial charge in [0.05, 0.1) is 10.5 Å². The smallest absolute Gasteiger partial charge is 0.228 e. The molecule has 2 rings (SSSR count). The van der Waals surface area contributed by atoms with E-state index in [0.29, 0.717) is 24.0 Å². The number of carbonyl (C=O) groups excluding carboxylic acids is 2. The number of ketones is 2. The molecule has 0 aromatic carbocycles. The zero-order valence-corrected chi connectivity index (χ0v) is 20.7. The third kappa shape index (κ3) is 6.07. The van der Waals surface area contributed by atoms with Crippen molar-refractivity contribution in [3.05, 3.63) is 69.2 Å². The number of allylic oxidation sites excluding steroid dienone is 6. The number of Topliss-reactive ketones (excluding diaryl/α,β-unsaturated/α-hetero) is 2. The first kappa shape index (κ1) is 24.4. The van der Waals surface area contributed by atoms with Gasteiger partial charge < -0.3 is 0 Å². The Bertz CT molecular complexity index is 897. The van der Waals surface area contributed by atoms with E-state index in [9.17, 15) is 18.0 Å². The lowest BCUT2D eigenvalue weighted by Gasteiger charge is -2.18. The molecule has 0 saturated heterocycles. The van der Waals surface area contributed by atoms with Crippen molar-refractivity contribution in [3.63, 3.8) is 0 Å². The van der Waals surface area contributed by atoms with Crippen molar-refractivity contribution < 1.29 is 18.0 Å². The molecule has 0 aromatic heterocycles. The molecule has 0 amide bonds. The number of carbonyl (C=O) groups is 2. The molecule has 0 saturated carbocycles. The maximum Gasteiger partial charge on any atom is 0.228 e. The number of hydrogen-bond acceptors (Lipinski definition) is 6. The summed E-state index contributed by atoms with van der Waals surface area (Å²) in [4.78, 5) is 23.9. The van der Waals surface area contributed by atoms with Crippen LogP contribution < -0.4 is 0 Å². The summed E-state index contributed by atoms with van der Waals surface area (Å²) in [6.45, 7) is 10.5. The van der Waals surface area contributed by atoms with Gasteiger partial charge in [0.25, 0.3) is 0 Å². The Kier molecular flexibility index (Phi) is 8.38. The third-order valence-corrected chi connectivity index (χ3v) is 16.2. The van der Waals surface area contributed by atoms with E-state index in [1.165, 1.54) is 0 Å². The zero-order valence-electron chi connectivity index (χ0n) is 16.3. The summed E-state index contributed by atoms with van der Waals surface area (Å²) >= 11 is 8.64. The predicted octanol–water partition coefficient (Wildman–Crippen LogP) is 4.72. The minimum Gasteiger partial charge on any atom is -0.293 e. The van der Waals surface area contributed by atoms with Gasteiger partial charge in [-0.15, -0.1) is 19.9 Å². The Morgan fingerprint density at radius 1 is 0.897 bits per heavy atom. The second-order valence-corrected chi connectivity index (χ2v) is 17.9. The summed E-state index contributed by atoms with van der Waals surface area (Å²) in [6.07, 6.45) is 4.29. The van der Waals surface area contributed by atoms with Gasteiger partial charge in [0.2, 0.25) is 7.90 Å². The van der Waals surface area contributed by atoms with Crippen LogP contribution in [0.2, 0.25) is 0 Å². The lowest BCUT2D eigenvalue weighted by molar-refractivity contribution is -0.115. The van der Waals surface area contributed by atoms with Crippen LogP contribution in [0.5, 0.6) is 0 Å². The largest absolute Gasteiger partial charge is 0.293 e. The van der Waals surface area contributed by atoms with Crippen molar-refractivity contribution >= 4 is 64.6 Å². The Balaban J connectivity index is 2.07. The molecule has 9 heteroatoms. The van der Waals surface area contributed by atoms with Crippen molar-refractivity contribution in [1.29, 1.82) is 0 Å². The molecule has 0 aliphatic carbocycles. The minimum atomic E-state index is -3.40. The van der Waals surface area contributed by atoms with Crippen LogP contribution >= 0.6 is 45.1 Å². The second-order valence-electron chi connectivity index (χ2n) is 6.94. The van der Waals surface area contributed by atoms with Crippen molar-refractivity contribution in [2.24, 2.45) is 0 Å². The van der Waals surface area contributed by atoms with E-state index in [-0.39, 0.29) is 11.6 Å². The van der Waals surface area contributed by atoms with Crippen LogP contribution in [0.1, 0.15) is 26.7 Å². The summed E-state index contributed by atoms with van der Waals surface area (Å²) in [7, 11) is -6.34. The van der Waals surface area contributed by atoms with Gasteiger partial charge in [-0.25, -0.2) is 8.42 Å². The maximum atomic E-state index is 13.0. The monoisotopic (exact) mass is 490 g/mol. The van der Waals surface area contributed by atoms with Crippen LogP contribution in [0.4, 0.5) is 0 Å². The van der Waals surface area contributed by atoms with Crippen LogP contribution in [0.15, 0.2) is 69.2 Å². The molecule has 2 aliphatic heterocycles. The molecule has 4 unspecified atom stereocenters. The standard InChI is InChI=1S/C20H26O4S5/c1-13(2)19(21)17(25)9-15-5-7-27(11-15)29(23,24)28-8-6-16(12-28)10-18(26)20(22)14(3)4/h5-8,11-12,17-18,25-28H,1,3,9-10H2,2,4H3. The topological polar surface area (TPSA) is 68.3 Å². The molecule has 4 nitrogen and oxygen atoms in total. The molecule has 0 radical (unpaired) electrons. The highest BCUT2D eigenvalue weighted by atomic mass is 33.6. The molecule has 0 spiro atoms. The lowest BCUT2D eigenvalue weighted by atomic mass is 10.1. The molecular weight excluding hydrogens is 465 g/mol. The van der Waals surface area contributed by atoms with Crippen LogP contribution in [0.25, 0.3) is 0 Å². The summed E-state index contributed by atoms with van der Waals surface area (Å²) in [5.74, 6) is -0.272. The van der Waals surface area contributed by atoms with E-state index in [1.807, 2.05) is 0 Å². The highest BCUT2D eigenvalue weighted by Crippen LogP contribution is 2.58. The molecule has 0 aromatic rings. The first-order valence-corrected chi connectivity index (χ1v) is 15.5. The molecule has 2 aliphatic rings. The first-order chi connectivity index (χ1) is 13.4. The van der Waals surface area contributed by atoms with Gasteiger partial charge >= 0.3 is 0 Å². The zero-order chi connectivity index (χ0) is 21.9. The van der Waals surface area contributed by atoms with Gasteiger partial charge in [0, 0.05) is 0 Å². The molecule has 4 atom stereocenters. The quantitative estimate of drug-likeness (QED) is 0.203. The first-order valence-electron chi connectivity index (χ1n) is 8.79. The van der Waals surface area contributed by atoms with E-state index in [4.69, 9.17) is 0 Å². The molecule has 2 heterocycles. The van der Waals surface area contributed by atoms with Gasteiger partial charge in [-0.1, -0.05) is 25.3 Å². The summed E-state index contributed by atoms with van der Waals surface area (Å²) in [5.41, 5.74) is 2.48. The fraction of sp³-hybridized carbons (Fsp3) is 0.300. The number of rotatable bonds is 10. The molecule has 160 valence electrons. The average Bonchev–Trinajstić information content (AvgIpc) is 3.30. The number of thiol groups is 4. The maximum absolute atomic E-state index is 13.0. The SMILES string of the molecule is C=C(C)C(=O)C(S)CC1=C[SH](S(=O)(=O)[SH]2C=CC(CC(S)C(=O)C(=C)C)=C2)C=C1. The van der Waals surface area contributed by atoms with Gasteiger partial charge in [-0.2, -0.15) is 25.3 Å². The highest BCUT2D eigenvalue weighted by molar-refractivity contribution is 9.15. The predicted molar refractivity (Wildman–Crippen MR) is 136 cm³/mol. The summed E-state index contributed by atoms with van der Waals surface area (Å²) in [5, 5.41) is 5.85. The van der Waals surface area contributed by atoms with E-state index < -0.39 is 38.3 Å². The van der Waals surface area contributed by atoms with Gasteiger partial charge in [0.15, 0.2) is 11.6 Å². The van der Waals surface area contributed by atoms with Gasteiger partial charge in [0.1, 0.15) is 0 Å². The van der Waals surface area contributed by atoms with Crippen molar-refractivity contribution in [2.45, 2.75) is 37.2 Å². The minimum absolute atomic E-state index is 0.136. The molecule has 0 N–H and O–H groups in total. The summed E-state index contributed by atoms with van der Waals surface area (Å²) in [6, 6.07) is 0. The van der Waals surface area contributed by atoms with Crippen LogP contribution in [0.3, 0.4) is 0 Å². The van der Waals surface area contributed by atoms with Crippen LogP contribution in [0, 0.1) is 0 Å².